The van der Waals surface area contributed by atoms with Gasteiger partial charge in [-0.3, -0.25) is 9.35 Å². The molecule has 6 heteroatoms. The normalized spacial score (nSPS) is 13.1. The fourth-order valence-corrected chi connectivity index (χ4v) is 1.54. The Bertz CT molecular complexity index is 466. The fourth-order valence-electron chi connectivity index (χ4n) is 1.25. The second kappa shape index (κ2) is 5.79. The molecular weight excluding hydrogens is 244 g/mol. The van der Waals surface area contributed by atoms with Crippen LogP contribution in [-0.4, -0.2) is 31.3 Å². The van der Waals surface area contributed by atoms with Gasteiger partial charge in [0.1, 0.15) is 12.4 Å². The maximum atomic E-state index is 11.5. The zero-order valence-corrected chi connectivity index (χ0v) is 10.2. The lowest BCUT2D eigenvalue weighted by Crippen LogP contribution is -2.18. The van der Waals surface area contributed by atoms with Crippen molar-refractivity contribution in [2.45, 2.75) is 12.8 Å². The van der Waals surface area contributed by atoms with Gasteiger partial charge in [0.25, 0.3) is 10.1 Å². The van der Waals surface area contributed by atoms with Crippen molar-refractivity contribution in [1.29, 1.82) is 0 Å². The molecule has 0 aliphatic heterocycles. The monoisotopic (exact) mass is 258 g/mol. The van der Waals surface area contributed by atoms with E-state index in [0.29, 0.717) is 0 Å². The summed E-state index contributed by atoms with van der Waals surface area (Å²) < 4.78 is 34.1. The number of rotatable bonds is 5. The minimum atomic E-state index is -4.09. The molecule has 1 atom stereocenters. The summed E-state index contributed by atoms with van der Waals surface area (Å²) in [7, 11) is -4.09. The Balaban J connectivity index is 2.49. The highest BCUT2D eigenvalue weighted by Gasteiger charge is 2.17. The third-order valence-electron chi connectivity index (χ3n) is 2.24. The van der Waals surface area contributed by atoms with E-state index >= 15 is 0 Å². The molecule has 17 heavy (non-hydrogen) atoms. The summed E-state index contributed by atoms with van der Waals surface area (Å²) in [6, 6.07) is 9.01. The number of hydrogen-bond donors (Lipinski definition) is 1. The third-order valence-corrected chi connectivity index (χ3v) is 2.92. The van der Waals surface area contributed by atoms with Gasteiger partial charge in [-0.15, -0.1) is 0 Å². The van der Waals surface area contributed by atoms with Crippen molar-refractivity contribution < 1.29 is 22.5 Å². The molecule has 0 heterocycles. The molecule has 1 aromatic carbocycles. The molecular formula is C11H14O5S. The van der Waals surface area contributed by atoms with Crippen LogP contribution in [0.1, 0.15) is 18.4 Å². The van der Waals surface area contributed by atoms with Crippen molar-refractivity contribution in [3.63, 3.8) is 0 Å². The van der Waals surface area contributed by atoms with E-state index in [1.54, 1.807) is 31.2 Å². The smallest absolute Gasteiger partial charge is 0.313 e. The quantitative estimate of drug-likeness (QED) is 0.634. The molecule has 0 aliphatic rings. The number of hydrogen-bond acceptors (Lipinski definition) is 4. The van der Waals surface area contributed by atoms with Gasteiger partial charge in [-0.1, -0.05) is 30.3 Å². The third kappa shape index (κ3) is 4.97. The van der Waals surface area contributed by atoms with Gasteiger partial charge in [0.2, 0.25) is 0 Å². The largest absolute Gasteiger partial charge is 0.464 e. The zero-order chi connectivity index (χ0) is 12.9. The molecule has 0 saturated heterocycles. The highest BCUT2D eigenvalue weighted by atomic mass is 32.2. The standard InChI is InChI=1S/C11H14O5S/c1-9(10-5-3-2-4-6-10)11(12)16-7-8-17(13,14)15/h2-6,9H,7-8H2,1H3,(H,13,14,15). The molecule has 0 fully saturated rings. The van der Waals surface area contributed by atoms with Crippen LogP contribution in [0.5, 0.6) is 0 Å². The van der Waals surface area contributed by atoms with E-state index in [2.05, 4.69) is 0 Å². The summed E-state index contributed by atoms with van der Waals surface area (Å²) in [5.74, 6) is -1.56. The van der Waals surface area contributed by atoms with Gasteiger partial charge in [0.05, 0.1) is 5.92 Å². The van der Waals surface area contributed by atoms with E-state index in [4.69, 9.17) is 9.29 Å². The van der Waals surface area contributed by atoms with Crippen molar-refractivity contribution >= 4 is 16.1 Å². The van der Waals surface area contributed by atoms with Gasteiger partial charge < -0.3 is 4.74 Å². The fraction of sp³-hybridized carbons (Fsp3) is 0.364. The van der Waals surface area contributed by atoms with Crippen molar-refractivity contribution in [2.75, 3.05) is 12.4 Å². The minimum absolute atomic E-state index is 0.338. The number of benzene rings is 1. The molecule has 0 bridgehead atoms. The van der Waals surface area contributed by atoms with Crippen LogP contribution >= 0.6 is 0 Å². The molecule has 0 spiro atoms. The second-order valence-corrected chi connectivity index (χ2v) is 5.16. The Morgan fingerprint density at radius 3 is 2.47 bits per heavy atom. The van der Waals surface area contributed by atoms with E-state index in [9.17, 15) is 13.2 Å². The molecule has 0 aliphatic carbocycles. The Hall–Kier alpha value is -1.40. The van der Waals surface area contributed by atoms with Crippen LogP contribution in [0.2, 0.25) is 0 Å². The highest BCUT2D eigenvalue weighted by molar-refractivity contribution is 7.85. The lowest BCUT2D eigenvalue weighted by Gasteiger charge is -2.10. The van der Waals surface area contributed by atoms with Crippen LogP contribution < -0.4 is 0 Å². The molecule has 0 radical (unpaired) electrons. The van der Waals surface area contributed by atoms with Crippen LogP contribution in [0.4, 0.5) is 0 Å². The first-order chi connectivity index (χ1) is 7.90. The predicted molar refractivity (Wildman–Crippen MR) is 62.2 cm³/mol. The van der Waals surface area contributed by atoms with Gasteiger partial charge in [-0.25, -0.2) is 0 Å². The maximum Gasteiger partial charge on any atom is 0.313 e. The highest BCUT2D eigenvalue weighted by Crippen LogP contribution is 2.15. The van der Waals surface area contributed by atoms with Gasteiger partial charge in [0.15, 0.2) is 0 Å². The Labute approximate surface area is 100 Å². The average molecular weight is 258 g/mol. The maximum absolute atomic E-state index is 11.5. The van der Waals surface area contributed by atoms with E-state index in [1.165, 1.54) is 0 Å². The number of esters is 1. The first kappa shape index (κ1) is 13.7. The Morgan fingerprint density at radius 1 is 1.35 bits per heavy atom. The van der Waals surface area contributed by atoms with E-state index in [-0.39, 0.29) is 6.61 Å². The van der Waals surface area contributed by atoms with Gasteiger partial charge in [-0.2, -0.15) is 8.42 Å². The lowest BCUT2D eigenvalue weighted by atomic mass is 10.0. The Morgan fingerprint density at radius 2 is 1.94 bits per heavy atom. The van der Waals surface area contributed by atoms with E-state index in [0.717, 1.165) is 5.56 Å². The summed E-state index contributed by atoms with van der Waals surface area (Å²) >= 11 is 0. The summed E-state index contributed by atoms with van der Waals surface area (Å²) in [6.07, 6.45) is 0. The molecule has 1 unspecified atom stereocenters. The molecule has 5 nitrogen and oxygen atoms in total. The van der Waals surface area contributed by atoms with Gasteiger partial charge >= 0.3 is 5.97 Å². The van der Waals surface area contributed by atoms with Crippen LogP contribution in [0, 0.1) is 0 Å². The SMILES string of the molecule is CC(C(=O)OCCS(=O)(=O)O)c1ccccc1. The summed E-state index contributed by atoms with van der Waals surface area (Å²) in [5.41, 5.74) is 0.796. The van der Waals surface area contributed by atoms with Crippen LogP contribution in [0.25, 0.3) is 0 Å². The summed E-state index contributed by atoms with van der Waals surface area (Å²) in [5, 5.41) is 0. The topological polar surface area (TPSA) is 80.7 Å². The molecule has 1 rings (SSSR count). The van der Waals surface area contributed by atoms with Gasteiger partial charge in [0, 0.05) is 0 Å². The van der Waals surface area contributed by atoms with Crippen molar-refractivity contribution in [1.82, 2.24) is 0 Å². The number of carbonyl (C=O) groups is 1. The lowest BCUT2D eigenvalue weighted by molar-refractivity contribution is -0.144. The molecule has 1 N–H and O–H groups in total. The van der Waals surface area contributed by atoms with Crippen molar-refractivity contribution in [3.05, 3.63) is 35.9 Å². The van der Waals surface area contributed by atoms with Crippen LogP contribution in [0.3, 0.4) is 0 Å². The first-order valence-electron chi connectivity index (χ1n) is 5.07. The minimum Gasteiger partial charge on any atom is -0.464 e. The predicted octanol–water partition coefficient (Wildman–Crippen LogP) is 1.22. The Kier molecular flexibility index (Phi) is 4.65. The van der Waals surface area contributed by atoms with Crippen molar-refractivity contribution in [3.8, 4) is 0 Å². The average Bonchev–Trinajstić information content (AvgIpc) is 2.27. The molecule has 0 amide bonds. The molecule has 0 aromatic heterocycles. The van der Waals surface area contributed by atoms with Gasteiger partial charge in [-0.05, 0) is 12.5 Å². The summed E-state index contributed by atoms with van der Waals surface area (Å²) in [4.78, 5) is 11.5. The number of ether oxygens (including phenoxy) is 1. The van der Waals surface area contributed by atoms with E-state index < -0.39 is 27.8 Å². The van der Waals surface area contributed by atoms with Crippen LogP contribution in [-0.2, 0) is 19.6 Å². The molecule has 94 valence electrons. The van der Waals surface area contributed by atoms with Crippen LogP contribution in [0.15, 0.2) is 30.3 Å². The molecule has 0 saturated carbocycles. The summed E-state index contributed by atoms with van der Waals surface area (Å²) in [6.45, 7) is 1.33. The molecule has 1 aromatic rings. The first-order valence-corrected chi connectivity index (χ1v) is 6.68. The second-order valence-electron chi connectivity index (χ2n) is 3.59. The zero-order valence-electron chi connectivity index (χ0n) is 9.37. The number of carbonyl (C=O) groups excluding carboxylic acids is 1. The van der Waals surface area contributed by atoms with Crippen molar-refractivity contribution in [2.24, 2.45) is 0 Å². The van der Waals surface area contributed by atoms with E-state index in [1.807, 2.05) is 6.07 Å².